The van der Waals surface area contributed by atoms with Crippen LogP contribution < -0.4 is 10.5 Å². The molecule has 2 aromatic heterocycles. The first kappa shape index (κ1) is 19.6. The third kappa shape index (κ3) is 4.95. The zero-order chi connectivity index (χ0) is 19.9. The minimum atomic E-state index is -0.516. The summed E-state index contributed by atoms with van der Waals surface area (Å²) in [5.74, 6) is 0.360. The van der Waals surface area contributed by atoms with Crippen molar-refractivity contribution in [3.05, 3.63) is 87.7 Å². The smallest absolute Gasteiger partial charge is 0.415 e. The number of halogens is 1. The Kier molecular flexibility index (Phi) is 6.39. The molecule has 8 heteroatoms. The summed E-state index contributed by atoms with van der Waals surface area (Å²) in [5, 5.41) is 0.239. The minimum Gasteiger partial charge on any atom is -0.449 e. The van der Waals surface area contributed by atoms with Crippen molar-refractivity contribution in [2.24, 2.45) is 0 Å². The molecule has 1 amide bonds. The molecule has 144 valence electrons. The third-order valence-electron chi connectivity index (χ3n) is 4.00. The second-order valence-electron chi connectivity index (χ2n) is 5.97. The second-order valence-corrected chi connectivity index (χ2v) is 6.35. The number of aromatic nitrogens is 3. The van der Waals surface area contributed by atoms with Gasteiger partial charge in [-0.3, -0.25) is 9.69 Å². The standard InChI is InChI=1S/C20H19ClN4O3/c1-2-28-20(27)25(18-11-17(21)22-14-23-18)13-16-8-6-15(7-9-16)12-24-10-4-3-5-19(24)26/h3-11,14H,2,12-13H2,1H3. The molecule has 0 atom stereocenters. The third-order valence-corrected chi connectivity index (χ3v) is 4.21. The van der Waals surface area contributed by atoms with E-state index in [-0.39, 0.29) is 23.9 Å². The van der Waals surface area contributed by atoms with Crippen LogP contribution >= 0.6 is 11.6 Å². The van der Waals surface area contributed by atoms with Crippen LogP contribution in [0, 0.1) is 0 Å². The van der Waals surface area contributed by atoms with Crippen LogP contribution in [0.4, 0.5) is 10.6 Å². The van der Waals surface area contributed by atoms with E-state index in [2.05, 4.69) is 9.97 Å². The number of carbonyl (C=O) groups is 1. The van der Waals surface area contributed by atoms with Crippen molar-refractivity contribution in [1.29, 1.82) is 0 Å². The van der Waals surface area contributed by atoms with Gasteiger partial charge in [0, 0.05) is 18.3 Å². The lowest BCUT2D eigenvalue weighted by Crippen LogP contribution is -2.31. The number of hydrogen-bond acceptors (Lipinski definition) is 5. The molecule has 0 aliphatic carbocycles. The van der Waals surface area contributed by atoms with Crippen LogP contribution in [-0.4, -0.2) is 27.2 Å². The molecule has 7 nitrogen and oxygen atoms in total. The van der Waals surface area contributed by atoms with E-state index in [0.717, 1.165) is 11.1 Å². The Balaban J connectivity index is 1.78. The molecule has 0 N–H and O–H groups in total. The van der Waals surface area contributed by atoms with Crippen LogP contribution in [0.2, 0.25) is 5.15 Å². The van der Waals surface area contributed by atoms with Gasteiger partial charge < -0.3 is 9.30 Å². The number of nitrogens with zero attached hydrogens (tertiary/aromatic N) is 4. The van der Waals surface area contributed by atoms with Crippen LogP contribution in [0.5, 0.6) is 0 Å². The van der Waals surface area contributed by atoms with Crippen LogP contribution in [0.25, 0.3) is 0 Å². The number of pyridine rings is 1. The number of ether oxygens (including phenoxy) is 1. The van der Waals surface area contributed by atoms with Crippen molar-refractivity contribution in [3.63, 3.8) is 0 Å². The molecule has 0 unspecified atom stereocenters. The Bertz CT molecular complexity index is 1000. The molecule has 0 bridgehead atoms. The van der Waals surface area contributed by atoms with E-state index in [1.807, 2.05) is 30.3 Å². The lowest BCUT2D eigenvalue weighted by atomic mass is 10.1. The fourth-order valence-electron chi connectivity index (χ4n) is 2.63. The molecule has 0 saturated carbocycles. The summed E-state index contributed by atoms with van der Waals surface area (Å²) in [7, 11) is 0. The maximum absolute atomic E-state index is 12.4. The second kappa shape index (κ2) is 9.14. The Morgan fingerprint density at radius 3 is 2.57 bits per heavy atom. The van der Waals surface area contributed by atoms with Crippen LogP contribution in [-0.2, 0) is 17.8 Å². The van der Waals surface area contributed by atoms with Gasteiger partial charge in [-0.05, 0) is 24.1 Å². The molecule has 0 aliphatic rings. The van der Waals surface area contributed by atoms with Crippen molar-refractivity contribution in [1.82, 2.24) is 14.5 Å². The van der Waals surface area contributed by atoms with Crippen molar-refractivity contribution < 1.29 is 9.53 Å². The Morgan fingerprint density at radius 2 is 1.89 bits per heavy atom. The van der Waals surface area contributed by atoms with Crippen molar-refractivity contribution in [3.8, 4) is 0 Å². The predicted molar refractivity (Wildman–Crippen MR) is 106 cm³/mol. The van der Waals surface area contributed by atoms with Gasteiger partial charge in [0.25, 0.3) is 5.56 Å². The Labute approximate surface area is 167 Å². The number of carbonyl (C=O) groups excluding carboxylic acids is 1. The average Bonchev–Trinajstić information content (AvgIpc) is 2.69. The van der Waals surface area contributed by atoms with E-state index in [9.17, 15) is 9.59 Å². The van der Waals surface area contributed by atoms with Gasteiger partial charge in [0.2, 0.25) is 0 Å². The largest absolute Gasteiger partial charge is 0.449 e. The van der Waals surface area contributed by atoms with Gasteiger partial charge in [-0.1, -0.05) is 41.9 Å². The average molecular weight is 399 g/mol. The van der Waals surface area contributed by atoms with Gasteiger partial charge in [0.05, 0.1) is 19.7 Å². The summed E-state index contributed by atoms with van der Waals surface area (Å²) >= 11 is 5.93. The lowest BCUT2D eigenvalue weighted by molar-refractivity contribution is 0.159. The molecule has 3 rings (SSSR count). The first-order valence-electron chi connectivity index (χ1n) is 8.72. The molecule has 2 heterocycles. The number of anilines is 1. The van der Waals surface area contributed by atoms with E-state index >= 15 is 0 Å². The van der Waals surface area contributed by atoms with E-state index in [1.54, 1.807) is 23.8 Å². The van der Waals surface area contributed by atoms with Gasteiger partial charge in [0.1, 0.15) is 17.3 Å². The van der Waals surface area contributed by atoms with E-state index in [1.165, 1.54) is 23.4 Å². The fraction of sp³-hybridized carbons (Fsp3) is 0.200. The lowest BCUT2D eigenvalue weighted by Gasteiger charge is -2.21. The SMILES string of the molecule is CCOC(=O)N(Cc1ccc(Cn2ccccc2=O)cc1)c1cc(Cl)ncn1. The zero-order valence-corrected chi connectivity index (χ0v) is 16.0. The monoisotopic (exact) mass is 398 g/mol. The zero-order valence-electron chi connectivity index (χ0n) is 15.3. The van der Waals surface area contributed by atoms with Gasteiger partial charge >= 0.3 is 6.09 Å². The van der Waals surface area contributed by atoms with E-state index in [4.69, 9.17) is 16.3 Å². The van der Waals surface area contributed by atoms with E-state index < -0.39 is 6.09 Å². The summed E-state index contributed by atoms with van der Waals surface area (Å²) in [4.78, 5) is 33.6. The molecule has 0 saturated heterocycles. The van der Waals surface area contributed by atoms with Gasteiger partial charge in [0.15, 0.2) is 0 Å². The van der Waals surface area contributed by atoms with Crippen LogP contribution in [0.3, 0.4) is 0 Å². The summed E-state index contributed by atoms with van der Waals surface area (Å²) in [6.45, 7) is 2.73. The first-order valence-corrected chi connectivity index (χ1v) is 9.09. The predicted octanol–water partition coefficient (Wildman–Crippen LogP) is 3.50. The first-order chi connectivity index (χ1) is 13.6. The highest BCUT2D eigenvalue weighted by molar-refractivity contribution is 6.29. The van der Waals surface area contributed by atoms with Gasteiger partial charge in [-0.15, -0.1) is 0 Å². The molecule has 28 heavy (non-hydrogen) atoms. The topological polar surface area (TPSA) is 77.3 Å². The van der Waals surface area contributed by atoms with Gasteiger partial charge in [-0.25, -0.2) is 14.8 Å². The molecule has 0 fully saturated rings. The molecular weight excluding hydrogens is 380 g/mol. The summed E-state index contributed by atoms with van der Waals surface area (Å²) < 4.78 is 6.76. The van der Waals surface area contributed by atoms with Gasteiger partial charge in [-0.2, -0.15) is 0 Å². The fourth-order valence-corrected chi connectivity index (χ4v) is 2.77. The Morgan fingerprint density at radius 1 is 1.14 bits per heavy atom. The number of amides is 1. The Hall–Kier alpha value is -3.19. The number of rotatable bonds is 6. The van der Waals surface area contributed by atoms with Crippen LogP contribution in [0.15, 0.2) is 65.8 Å². The number of hydrogen-bond donors (Lipinski definition) is 0. The normalized spacial score (nSPS) is 10.5. The van der Waals surface area contributed by atoms with Crippen molar-refractivity contribution in [2.45, 2.75) is 20.0 Å². The molecular formula is C20H19ClN4O3. The summed E-state index contributed by atoms with van der Waals surface area (Å²) in [6.07, 6.45) is 2.53. The quantitative estimate of drug-likeness (QED) is 0.594. The highest BCUT2D eigenvalue weighted by Crippen LogP contribution is 2.19. The maximum Gasteiger partial charge on any atom is 0.415 e. The molecule has 3 aromatic rings. The van der Waals surface area contributed by atoms with Crippen molar-refractivity contribution in [2.75, 3.05) is 11.5 Å². The summed E-state index contributed by atoms with van der Waals surface area (Å²) in [5.41, 5.74) is 1.80. The molecule has 0 spiro atoms. The minimum absolute atomic E-state index is 0.0549. The molecule has 1 aromatic carbocycles. The summed E-state index contributed by atoms with van der Waals surface area (Å²) in [6, 6.07) is 14.2. The maximum atomic E-state index is 12.4. The highest BCUT2D eigenvalue weighted by atomic mass is 35.5. The van der Waals surface area contributed by atoms with Crippen LogP contribution in [0.1, 0.15) is 18.1 Å². The van der Waals surface area contributed by atoms with E-state index in [0.29, 0.717) is 12.4 Å². The highest BCUT2D eigenvalue weighted by Gasteiger charge is 2.19. The van der Waals surface area contributed by atoms with Crippen molar-refractivity contribution >= 4 is 23.5 Å². The molecule has 0 aliphatic heterocycles. The number of benzene rings is 1. The molecule has 0 radical (unpaired) electrons.